The van der Waals surface area contributed by atoms with Crippen molar-refractivity contribution in [2.75, 3.05) is 26.2 Å². The minimum Gasteiger partial charge on any atom is -0.402 e. The highest BCUT2D eigenvalue weighted by Crippen LogP contribution is 2.35. The van der Waals surface area contributed by atoms with Crippen LogP contribution in [0.2, 0.25) is 0 Å². The zero-order chi connectivity index (χ0) is 25.3. The molecule has 2 aliphatic heterocycles. The zero-order valence-electron chi connectivity index (χ0n) is 21.0. The standard InChI is InChI=1S/C27H37F2N5O/c1-5-31-25(23-17(2)6-9-21(23)30)33-12-14-34(15-13-33)26(35)24(22-10-11-27(3,4)32-22)18-7-8-19(28)20(29)16-18/h5,7-8,16-17,22,24,32H,1,6,9-15,30H2,2-4H3/t17?,22-,24?/m0/s1. The van der Waals surface area contributed by atoms with Crippen molar-refractivity contribution in [3.63, 3.8) is 0 Å². The number of aliphatic imine (C=N–C) groups is 1. The molecule has 0 spiro atoms. The van der Waals surface area contributed by atoms with Crippen molar-refractivity contribution >= 4 is 11.7 Å². The van der Waals surface area contributed by atoms with E-state index in [2.05, 4.69) is 42.6 Å². The molecule has 0 aromatic heterocycles. The van der Waals surface area contributed by atoms with E-state index in [-0.39, 0.29) is 17.5 Å². The molecule has 2 fully saturated rings. The molecule has 190 valence electrons. The van der Waals surface area contributed by atoms with E-state index >= 15 is 0 Å². The Labute approximate surface area is 206 Å². The van der Waals surface area contributed by atoms with Crippen LogP contribution in [0.25, 0.3) is 0 Å². The van der Waals surface area contributed by atoms with E-state index in [0.717, 1.165) is 48.9 Å². The van der Waals surface area contributed by atoms with Gasteiger partial charge in [0.2, 0.25) is 5.91 Å². The second-order valence-corrected chi connectivity index (χ2v) is 10.7. The number of piperazine rings is 1. The van der Waals surface area contributed by atoms with Crippen molar-refractivity contribution in [3.05, 3.63) is 59.4 Å². The number of rotatable bonds is 5. The number of amides is 1. The van der Waals surface area contributed by atoms with Crippen LogP contribution in [-0.2, 0) is 4.79 Å². The van der Waals surface area contributed by atoms with Crippen LogP contribution in [0.3, 0.4) is 0 Å². The molecule has 1 amide bonds. The van der Waals surface area contributed by atoms with E-state index in [1.54, 1.807) is 6.20 Å². The van der Waals surface area contributed by atoms with Crippen LogP contribution in [0.1, 0.15) is 57.9 Å². The third kappa shape index (κ3) is 5.27. The number of hydrogen-bond acceptors (Lipinski definition) is 4. The Morgan fingerprint density at radius 1 is 1.20 bits per heavy atom. The molecule has 1 aromatic rings. The molecular formula is C27H37F2N5O. The highest BCUT2D eigenvalue weighted by molar-refractivity contribution is 6.00. The monoisotopic (exact) mass is 485 g/mol. The van der Waals surface area contributed by atoms with E-state index in [1.807, 2.05) is 4.90 Å². The number of amidine groups is 1. The molecule has 0 bridgehead atoms. The topological polar surface area (TPSA) is 74.0 Å². The number of halogens is 2. The second kappa shape index (κ2) is 10.1. The maximum Gasteiger partial charge on any atom is 0.231 e. The van der Waals surface area contributed by atoms with Crippen LogP contribution in [-0.4, -0.2) is 59.3 Å². The number of nitrogens with one attached hydrogen (secondary N) is 1. The van der Waals surface area contributed by atoms with E-state index in [4.69, 9.17) is 5.73 Å². The number of carbonyl (C=O) groups excluding carboxylic acids is 1. The average Bonchev–Trinajstić information content (AvgIpc) is 3.35. The van der Waals surface area contributed by atoms with Crippen LogP contribution >= 0.6 is 0 Å². The first kappa shape index (κ1) is 25.4. The Hall–Kier alpha value is -2.74. The minimum atomic E-state index is -0.927. The van der Waals surface area contributed by atoms with E-state index in [1.165, 1.54) is 12.1 Å². The van der Waals surface area contributed by atoms with Crippen molar-refractivity contribution in [3.8, 4) is 0 Å². The lowest BCUT2D eigenvalue weighted by atomic mass is 9.88. The van der Waals surface area contributed by atoms with Crippen molar-refractivity contribution in [2.45, 2.75) is 64.0 Å². The number of allylic oxidation sites excluding steroid dienone is 1. The summed E-state index contributed by atoms with van der Waals surface area (Å²) in [6, 6.07) is 3.69. The van der Waals surface area contributed by atoms with Crippen molar-refractivity contribution < 1.29 is 13.6 Å². The fourth-order valence-electron chi connectivity index (χ4n) is 5.74. The summed E-state index contributed by atoms with van der Waals surface area (Å²) in [5.74, 6) is -1.27. The van der Waals surface area contributed by atoms with Gasteiger partial charge >= 0.3 is 0 Å². The number of hydrogen-bond donors (Lipinski definition) is 2. The molecule has 1 aliphatic carbocycles. The first-order valence-corrected chi connectivity index (χ1v) is 12.5. The van der Waals surface area contributed by atoms with E-state index < -0.39 is 17.6 Å². The summed E-state index contributed by atoms with van der Waals surface area (Å²) in [4.78, 5) is 22.4. The van der Waals surface area contributed by atoms with Crippen molar-refractivity contribution in [1.29, 1.82) is 0 Å². The van der Waals surface area contributed by atoms with Gasteiger partial charge in [0.25, 0.3) is 0 Å². The molecule has 3 aliphatic rings. The summed E-state index contributed by atoms with van der Waals surface area (Å²) in [5, 5.41) is 3.55. The van der Waals surface area contributed by atoms with Crippen LogP contribution in [0.4, 0.5) is 8.78 Å². The summed E-state index contributed by atoms with van der Waals surface area (Å²) in [6.45, 7) is 12.4. The van der Waals surface area contributed by atoms with Crippen LogP contribution < -0.4 is 11.1 Å². The van der Waals surface area contributed by atoms with Gasteiger partial charge in [0.05, 0.1) is 5.92 Å². The van der Waals surface area contributed by atoms with Crippen LogP contribution in [0.5, 0.6) is 0 Å². The van der Waals surface area contributed by atoms with Gasteiger partial charge in [-0.15, -0.1) is 0 Å². The summed E-state index contributed by atoms with van der Waals surface area (Å²) in [7, 11) is 0. The van der Waals surface area contributed by atoms with Crippen molar-refractivity contribution in [2.24, 2.45) is 16.6 Å². The third-order valence-corrected chi connectivity index (χ3v) is 7.66. The molecule has 0 radical (unpaired) electrons. The molecule has 8 heteroatoms. The number of carbonyl (C=O) groups is 1. The van der Waals surface area contributed by atoms with Gasteiger partial charge in [-0.25, -0.2) is 13.8 Å². The predicted molar refractivity (Wildman–Crippen MR) is 135 cm³/mol. The first-order valence-electron chi connectivity index (χ1n) is 12.5. The lowest BCUT2D eigenvalue weighted by molar-refractivity contribution is -0.134. The van der Waals surface area contributed by atoms with E-state index in [0.29, 0.717) is 37.7 Å². The predicted octanol–water partition coefficient (Wildman–Crippen LogP) is 3.91. The van der Waals surface area contributed by atoms with Gasteiger partial charge < -0.3 is 20.9 Å². The highest BCUT2D eigenvalue weighted by atomic mass is 19.2. The number of benzene rings is 1. The molecular weight excluding hydrogens is 448 g/mol. The van der Waals surface area contributed by atoms with Gasteiger partial charge in [0, 0.05) is 55.2 Å². The molecule has 2 unspecified atom stereocenters. The van der Waals surface area contributed by atoms with Gasteiger partial charge in [0.15, 0.2) is 11.6 Å². The SMILES string of the molecule is C=CN=C(C1=C(N)CCC1C)N1CCN(C(=O)C(c2ccc(F)c(F)c2)[C@@H]2CCC(C)(C)N2)CC1. The molecule has 0 saturated carbocycles. The fourth-order valence-corrected chi connectivity index (χ4v) is 5.74. The Balaban J connectivity index is 1.53. The molecule has 2 saturated heterocycles. The molecule has 35 heavy (non-hydrogen) atoms. The second-order valence-electron chi connectivity index (χ2n) is 10.7. The van der Waals surface area contributed by atoms with Crippen LogP contribution in [0.15, 0.2) is 47.2 Å². The Morgan fingerprint density at radius 2 is 1.89 bits per heavy atom. The van der Waals surface area contributed by atoms with Gasteiger partial charge in [-0.2, -0.15) is 0 Å². The average molecular weight is 486 g/mol. The normalized spacial score (nSPS) is 25.8. The zero-order valence-corrected chi connectivity index (χ0v) is 21.0. The Kier molecular flexibility index (Phi) is 7.31. The molecule has 3 N–H and O–H groups in total. The maximum absolute atomic E-state index is 14.1. The largest absolute Gasteiger partial charge is 0.402 e. The van der Waals surface area contributed by atoms with Gasteiger partial charge in [0.1, 0.15) is 5.84 Å². The number of nitrogens with two attached hydrogens (primary N) is 1. The lowest BCUT2D eigenvalue weighted by Gasteiger charge is -2.39. The smallest absolute Gasteiger partial charge is 0.231 e. The molecule has 3 atom stereocenters. The summed E-state index contributed by atoms with van der Waals surface area (Å²) < 4.78 is 27.8. The van der Waals surface area contributed by atoms with E-state index in [9.17, 15) is 13.6 Å². The van der Waals surface area contributed by atoms with Gasteiger partial charge in [-0.1, -0.05) is 19.6 Å². The summed E-state index contributed by atoms with van der Waals surface area (Å²) in [6.07, 6.45) is 5.13. The van der Waals surface area contributed by atoms with Gasteiger partial charge in [-0.3, -0.25) is 4.79 Å². The fraction of sp³-hybridized carbons (Fsp3) is 0.556. The highest BCUT2D eigenvalue weighted by Gasteiger charge is 2.41. The van der Waals surface area contributed by atoms with Crippen molar-refractivity contribution in [1.82, 2.24) is 15.1 Å². The number of nitrogens with zero attached hydrogens (tertiary/aromatic N) is 3. The molecule has 4 rings (SSSR count). The maximum atomic E-state index is 14.1. The molecule has 2 heterocycles. The van der Waals surface area contributed by atoms with Gasteiger partial charge in [-0.05, 0) is 63.1 Å². The first-order chi connectivity index (χ1) is 16.6. The minimum absolute atomic E-state index is 0.0546. The molecule has 6 nitrogen and oxygen atoms in total. The summed E-state index contributed by atoms with van der Waals surface area (Å²) in [5.41, 5.74) is 8.68. The lowest BCUT2D eigenvalue weighted by Crippen LogP contribution is -2.54. The summed E-state index contributed by atoms with van der Waals surface area (Å²) >= 11 is 0. The quantitative estimate of drug-likeness (QED) is 0.490. The Bertz CT molecular complexity index is 1040. The van der Waals surface area contributed by atoms with Crippen LogP contribution in [0, 0.1) is 17.6 Å². The Morgan fingerprint density at radius 3 is 2.43 bits per heavy atom. The third-order valence-electron chi connectivity index (χ3n) is 7.66. The molecule has 1 aromatic carbocycles.